The van der Waals surface area contributed by atoms with Crippen molar-refractivity contribution in [3.8, 4) is 5.75 Å². The monoisotopic (exact) mass is 437 g/mol. The van der Waals surface area contributed by atoms with Gasteiger partial charge in [0.1, 0.15) is 5.75 Å². The Kier molecular flexibility index (Phi) is 6.94. The van der Waals surface area contributed by atoms with E-state index in [4.69, 9.17) is 9.72 Å². The average molecular weight is 438 g/mol. The molecule has 2 aliphatic heterocycles. The zero-order chi connectivity index (χ0) is 22.7. The van der Waals surface area contributed by atoms with Crippen molar-refractivity contribution < 1.29 is 9.53 Å². The Hall–Kier alpha value is -2.67. The molecule has 0 aliphatic carbocycles. The van der Waals surface area contributed by atoms with Gasteiger partial charge in [0, 0.05) is 64.5 Å². The van der Waals surface area contributed by atoms with E-state index < -0.39 is 0 Å². The molecule has 0 radical (unpaired) electrons. The molecule has 32 heavy (non-hydrogen) atoms. The predicted molar refractivity (Wildman–Crippen MR) is 126 cm³/mol. The number of carbonyl (C=O) groups is 1. The van der Waals surface area contributed by atoms with Crippen LogP contribution >= 0.6 is 0 Å². The Labute approximate surface area is 191 Å². The summed E-state index contributed by atoms with van der Waals surface area (Å²) in [5.74, 6) is 1.82. The summed E-state index contributed by atoms with van der Waals surface area (Å²) in [7, 11) is 5.40. The summed E-state index contributed by atoms with van der Waals surface area (Å²) in [6, 6.07) is 8.24. The van der Waals surface area contributed by atoms with Crippen LogP contribution in [0.2, 0.25) is 0 Å². The first-order valence-corrected chi connectivity index (χ1v) is 11.6. The van der Waals surface area contributed by atoms with Crippen LogP contribution in [0.25, 0.3) is 0 Å². The lowest BCUT2D eigenvalue weighted by Gasteiger charge is -2.27. The lowest BCUT2D eigenvalue weighted by atomic mass is 9.91. The first-order chi connectivity index (χ1) is 15.5. The van der Waals surface area contributed by atoms with Gasteiger partial charge in [0.25, 0.3) is 0 Å². The van der Waals surface area contributed by atoms with E-state index in [1.165, 1.54) is 19.3 Å². The van der Waals surface area contributed by atoms with E-state index in [0.717, 1.165) is 54.7 Å². The smallest absolute Gasteiger partial charge is 0.227 e. The van der Waals surface area contributed by atoms with Crippen molar-refractivity contribution in [1.82, 2.24) is 19.8 Å². The number of benzene rings is 1. The van der Waals surface area contributed by atoms with Crippen LogP contribution in [0.4, 0.5) is 5.95 Å². The molecule has 1 amide bonds. The standard InChI is InChI=1S/C25H35N5O2/c1-18-9-8-10-19(23(18)32-4)15-29-16-20(21(17-29)24(31)28(2)3)22-11-12-26-25(27-22)30-13-6-5-7-14-30/h8-12,20-21H,5-7,13-17H2,1-4H3/t20-,21-/m0/s1. The second kappa shape index (κ2) is 9.86. The van der Waals surface area contributed by atoms with Gasteiger partial charge in [-0.1, -0.05) is 18.2 Å². The largest absolute Gasteiger partial charge is 0.496 e. The van der Waals surface area contributed by atoms with Gasteiger partial charge in [-0.2, -0.15) is 0 Å². The van der Waals surface area contributed by atoms with Gasteiger partial charge in [-0.3, -0.25) is 9.69 Å². The van der Waals surface area contributed by atoms with E-state index in [1.54, 1.807) is 12.0 Å². The number of hydrogen-bond acceptors (Lipinski definition) is 6. The van der Waals surface area contributed by atoms with E-state index in [0.29, 0.717) is 6.54 Å². The van der Waals surface area contributed by atoms with Gasteiger partial charge in [-0.15, -0.1) is 0 Å². The molecular weight excluding hydrogens is 402 g/mol. The predicted octanol–water partition coefficient (Wildman–Crippen LogP) is 3.09. The third-order valence-electron chi connectivity index (χ3n) is 6.73. The lowest BCUT2D eigenvalue weighted by Crippen LogP contribution is -2.34. The van der Waals surface area contributed by atoms with E-state index in [-0.39, 0.29) is 17.7 Å². The maximum atomic E-state index is 13.1. The number of hydrogen-bond donors (Lipinski definition) is 0. The van der Waals surface area contributed by atoms with Crippen LogP contribution in [0.1, 0.15) is 42.0 Å². The topological polar surface area (TPSA) is 61.8 Å². The van der Waals surface area contributed by atoms with Crippen molar-refractivity contribution in [2.75, 3.05) is 52.3 Å². The number of methoxy groups -OCH3 is 1. The van der Waals surface area contributed by atoms with E-state index in [2.05, 4.69) is 39.9 Å². The third-order valence-corrected chi connectivity index (χ3v) is 6.73. The maximum Gasteiger partial charge on any atom is 0.227 e. The summed E-state index contributed by atoms with van der Waals surface area (Å²) < 4.78 is 5.67. The summed E-state index contributed by atoms with van der Waals surface area (Å²) in [6.07, 6.45) is 5.50. The van der Waals surface area contributed by atoms with Gasteiger partial charge in [0.2, 0.25) is 11.9 Å². The van der Waals surface area contributed by atoms with Crippen LogP contribution < -0.4 is 9.64 Å². The van der Waals surface area contributed by atoms with Gasteiger partial charge in [0.15, 0.2) is 0 Å². The Bertz CT molecular complexity index is 942. The van der Waals surface area contributed by atoms with Crippen LogP contribution in [0, 0.1) is 12.8 Å². The fraction of sp³-hybridized carbons (Fsp3) is 0.560. The molecule has 0 N–H and O–H groups in total. The summed E-state index contributed by atoms with van der Waals surface area (Å²) >= 11 is 0. The van der Waals surface area contributed by atoms with Gasteiger partial charge < -0.3 is 14.5 Å². The van der Waals surface area contributed by atoms with E-state index in [1.807, 2.05) is 26.4 Å². The summed E-state index contributed by atoms with van der Waals surface area (Å²) in [6.45, 7) is 6.33. The summed E-state index contributed by atoms with van der Waals surface area (Å²) in [5.41, 5.74) is 3.25. The van der Waals surface area contributed by atoms with Crippen molar-refractivity contribution in [1.29, 1.82) is 0 Å². The van der Waals surface area contributed by atoms with Crippen molar-refractivity contribution in [2.24, 2.45) is 5.92 Å². The summed E-state index contributed by atoms with van der Waals surface area (Å²) in [5, 5.41) is 0. The van der Waals surface area contributed by atoms with Gasteiger partial charge in [-0.05, 0) is 37.8 Å². The molecule has 0 unspecified atom stereocenters. The summed E-state index contributed by atoms with van der Waals surface area (Å²) in [4.78, 5) is 29.0. The molecule has 7 nitrogen and oxygen atoms in total. The molecule has 1 aromatic heterocycles. The lowest BCUT2D eigenvalue weighted by molar-refractivity contribution is -0.133. The van der Waals surface area contributed by atoms with Gasteiger partial charge >= 0.3 is 0 Å². The molecule has 7 heteroatoms. The molecular formula is C25H35N5O2. The Balaban J connectivity index is 1.59. The molecule has 2 saturated heterocycles. The molecule has 2 fully saturated rings. The van der Waals surface area contributed by atoms with Gasteiger partial charge in [-0.25, -0.2) is 9.97 Å². The highest BCUT2D eigenvalue weighted by Gasteiger charge is 2.40. The second-order valence-electron chi connectivity index (χ2n) is 9.24. The quantitative estimate of drug-likeness (QED) is 0.692. The second-order valence-corrected chi connectivity index (χ2v) is 9.24. The fourth-order valence-electron chi connectivity index (χ4n) is 5.08. The number of piperidine rings is 1. The molecule has 1 aromatic carbocycles. The first kappa shape index (κ1) is 22.5. The minimum absolute atomic E-state index is 0.0484. The highest BCUT2D eigenvalue weighted by molar-refractivity contribution is 5.80. The number of likely N-dealkylation sites (tertiary alicyclic amines) is 1. The van der Waals surface area contributed by atoms with Gasteiger partial charge in [0.05, 0.1) is 18.7 Å². The van der Waals surface area contributed by atoms with Crippen molar-refractivity contribution in [3.63, 3.8) is 0 Å². The molecule has 0 saturated carbocycles. The average Bonchev–Trinajstić information content (AvgIpc) is 3.23. The molecule has 4 rings (SSSR count). The van der Waals surface area contributed by atoms with Crippen LogP contribution in [0.3, 0.4) is 0 Å². The van der Waals surface area contributed by atoms with Crippen molar-refractivity contribution >= 4 is 11.9 Å². The number of anilines is 1. The molecule has 2 aliphatic rings. The normalized spacial score (nSPS) is 21.6. The van der Waals surface area contributed by atoms with E-state index in [9.17, 15) is 4.79 Å². The minimum atomic E-state index is -0.120. The Morgan fingerprint density at radius 1 is 1.16 bits per heavy atom. The fourth-order valence-corrected chi connectivity index (χ4v) is 5.08. The number of para-hydroxylation sites is 1. The third kappa shape index (κ3) is 4.72. The number of ether oxygens (including phenoxy) is 1. The van der Waals surface area contributed by atoms with Crippen LogP contribution in [0.5, 0.6) is 5.75 Å². The molecule has 2 atom stereocenters. The zero-order valence-electron chi connectivity index (χ0n) is 19.8. The van der Waals surface area contributed by atoms with Crippen LogP contribution in [-0.4, -0.2) is 73.1 Å². The highest BCUT2D eigenvalue weighted by Crippen LogP contribution is 2.35. The number of amides is 1. The number of nitrogens with zero attached hydrogens (tertiary/aromatic N) is 5. The molecule has 0 bridgehead atoms. The Morgan fingerprint density at radius 2 is 1.94 bits per heavy atom. The van der Waals surface area contributed by atoms with Crippen molar-refractivity contribution in [3.05, 3.63) is 47.3 Å². The number of aromatic nitrogens is 2. The molecule has 172 valence electrons. The minimum Gasteiger partial charge on any atom is -0.496 e. The zero-order valence-corrected chi connectivity index (χ0v) is 19.8. The van der Waals surface area contributed by atoms with Crippen LogP contribution in [-0.2, 0) is 11.3 Å². The maximum absolute atomic E-state index is 13.1. The van der Waals surface area contributed by atoms with Crippen LogP contribution in [0.15, 0.2) is 30.5 Å². The van der Waals surface area contributed by atoms with E-state index >= 15 is 0 Å². The highest BCUT2D eigenvalue weighted by atomic mass is 16.5. The number of aryl methyl sites for hydroxylation is 1. The first-order valence-electron chi connectivity index (χ1n) is 11.6. The Morgan fingerprint density at radius 3 is 2.66 bits per heavy atom. The molecule has 3 heterocycles. The number of carbonyl (C=O) groups excluding carboxylic acids is 1. The molecule has 0 spiro atoms. The molecule has 2 aromatic rings. The van der Waals surface area contributed by atoms with Crippen molar-refractivity contribution in [2.45, 2.75) is 38.6 Å². The number of rotatable bonds is 6. The SMILES string of the molecule is COc1c(C)cccc1CN1C[C@H](C(=O)N(C)C)[C@@H](c2ccnc(N3CCCCC3)n2)C1.